The van der Waals surface area contributed by atoms with Gasteiger partial charge in [0.05, 0.1) is 23.4 Å². The summed E-state index contributed by atoms with van der Waals surface area (Å²) in [4.78, 5) is 6.27. The van der Waals surface area contributed by atoms with E-state index >= 15 is 0 Å². The summed E-state index contributed by atoms with van der Waals surface area (Å²) < 4.78 is 5.73. The molecular formula is C16H19N3O. The molecule has 0 unspecified atom stereocenters. The van der Waals surface area contributed by atoms with E-state index in [-0.39, 0.29) is 0 Å². The molecule has 0 N–H and O–H groups in total. The second-order valence-electron chi connectivity index (χ2n) is 4.91. The Kier molecular flexibility index (Phi) is 4.41. The zero-order chi connectivity index (χ0) is 14.5. The average Bonchev–Trinajstić information content (AvgIpc) is 2.45. The maximum atomic E-state index is 9.22. The average molecular weight is 269 g/mol. The number of rotatable bonds is 5. The Morgan fingerprint density at radius 3 is 2.80 bits per heavy atom. The molecule has 1 aromatic carbocycles. The number of hydrogen-bond acceptors (Lipinski definition) is 4. The number of aromatic nitrogens is 1. The number of anilines is 1. The molecule has 0 radical (unpaired) electrons. The molecule has 1 heterocycles. The van der Waals surface area contributed by atoms with Gasteiger partial charge in [-0.1, -0.05) is 13.3 Å². The van der Waals surface area contributed by atoms with Crippen molar-refractivity contribution in [1.82, 2.24) is 4.98 Å². The van der Waals surface area contributed by atoms with Crippen LogP contribution < -0.4 is 9.64 Å². The molecule has 0 spiro atoms. The maximum Gasteiger partial charge on any atom is 0.120 e. The second-order valence-corrected chi connectivity index (χ2v) is 4.91. The van der Waals surface area contributed by atoms with Crippen LogP contribution in [0, 0.1) is 11.3 Å². The molecule has 0 fully saturated rings. The van der Waals surface area contributed by atoms with E-state index in [1.54, 1.807) is 6.20 Å². The Morgan fingerprint density at radius 1 is 1.35 bits per heavy atom. The van der Waals surface area contributed by atoms with Gasteiger partial charge >= 0.3 is 0 Å². The van der Waals surface area contributed by atoms with E-state index in [9.17, 15) is 5.26 Å². The molecule has 0 bridgehead atoms. The first-order valence-corrected chi connectivity index (χ1v) is 6.80. The van der Waals surface area contributed by atoms with Crippen LogP contribution in [0.25, 0.3) is 10.9 Å². The third-order valence-corrected chi connectivity index (χ3v) is 3.15. The summed E-state index contributed by atoms with van der Waals surface area (Å²) in [7, 11) is 3.86. The van der Waals surface area contributed by atoms with Crippen LogP contribution in [0.5, 0.6) is 5.75 Å². The molecule has 104 valence electrons. The van der Waals surface area contributed by atoms with E-state index in [1.165, 1.54) is 0 Å². The predicted molar refractivity (Wildman–Crippen MR) is 81.2 cm³/mol. The highest BCUT2D eigenvalue weighted by Crippen LogP contribution is 2.30. The zero-order valence-electron chi connectivity index (χ0n) is 12.2. The van der Waals surface area contributed by atoms with Gasteiger partial charge in [0.2, 0.25) is 0 Å². The zero-order valence-corrected chi connectivity index (χ0v) is 12.2. The van der Waals surface area contributed by atoms with Gasteiger partial charge < -0.3 is 9.64 Å². The summed E-state index contributed by atoms with van der Waals surface area (Å²) in [5, 5.41) is 10.2. The number of ether oxygens (including phenoxy) is 1. The summed E-state index contributed by atoms with van der Waals surface area (Å²) in [6.07, 6.45) is 3.76. The van der Waals surface area contributed by atoms with E-state index in [1.807, 2.05) is 37.2 Å². The smallest absolute Gasteiger partial charge is 0.120 e. The molecule has 2 rings (SSSR count). The van der Waals surface area contributed by atoms with Crippen molar-refractivity contribution in [2.45, 2.75) is 19.8 Å². The lowest BCUT2D eigenvalue weighted by molar-refractivity contribution is 0.310. The summed E-state index contributed by atoms with van der Waals surface area (Å²) in [5.41, 5.74) is 2.34. The first kappa shape index (κ1) is 14.1. The molecule has 1 aromatic heterocycles. The second kappa shape index (κ2) is 6.25. The number of benzene rings is 1. The molecule has 0 aliphatic heterocycles. The molecule has 0 aliphatic carbocycles. The van der Waals surface area contributed by atoms with Gasteiger partial charge in [-0.15, -0.1) is 0 Å². The van der Waals surface area contributed by atoms with Crippen LogP contribution in [0.3, 0.4) is 0 Å². The number of pyridine rings is 1. The molecule has 0 amide bonds. The third kappa shape index (κ3) is 2.83. The quantitative estimate of drug-likeness (QED) is 0.781. The summed E-state index contributed by atoms with van der Waals surface area (Å²) in [6, 6.07) is 8.02. The van der Waals surface area contributed by atoms with Crippen molar-refractivity contribution in [1.29, 1.82) is 5.26 Å². The molecular weight excluding hydrogens is 250 g/mol. The van der Waals surface area contributed by atoms with Gasteiger partial charge in [0, 0.05) is 25.7 Å². The van der Waals surface area contributed by atoms with Gasteiger partial charge in [0.25, 0.3) is 0 Å². The van der Waals surface area contributed by atoms with Crippen LogP contribution in [0.2, 0.25) is 0 Å². The molecule has 0 saturated heterocycles. The summed E-state index contributed by atoms with van der Waals surface area (Å²) in [6.45, 7) is 2.85. The first-order chi connectivity index (χ1) is 9.67. The molecule has 4 heteroatoms. The molecule has 0 aliphatic rings. The van der Waals surface area contributed by atoms with Crippen LogP contribution in [0.4, 0.5) is 5.69 Å². The van der Waals surface area contributed by atoms with Gasteiger partial charge in [-0.25, -0.2) is 0 Å². The fourth-order valence-corrected chi connectivity index (χ4v) is 2.15. The number of fused-ring (bicyclic) bond motifs is 1. The predicted octanol–water partition coefficient (Wildman–Crippen LogP) is 3.35. The topological polar surface area (TPSA) is 49.1 Å². The van der Waals surface area contributed by atoms with Crippen molar-refractivity contribution >= 4 is 16.6 Å². The summed E-state index contributed by atoms with van der Waals surface area (Å²) >= 11 is 0. The van der Waals surface area contributed by atoms with Crippen molar-refractivity contribution in [2.75, 3.05) is 25.6 Å². The summed E-state index contributed by atoms with van der Waals surface area (Å²) in [5.74, 6) is 0.825. The van der Waals surface area contributed by atoms with E-state index in [0.717, 1.165) is 35.2 Å². The Labute approximate surface area is 119 Å². The number of hydrogen-bond donors (Lipinski definition) is 0. The first-order valence-electron chi connectivity index (χ1n) is 6.80. The molecule has 0 saturated carbocycles. The number of nitriles is 1. The van der Waals surface area contributed by atoms with Crippen molar-refractivity contribution in [2.24, 2.45) is 0 Å². The Bertz CT molecular complexity index is 644. The lowest BCUT2D eigenvalue weighted by Crippen LogP contribution is -2.11. The fraction of sp³-hybridized carbons (Fsp3) is 0.375. The van der Waals surface area contributed by atoms with E-state index in [0.29, 0.717) is 12.2 Å². The lowest BCUT2D eigenvalue weighted by Gasteiger charge is -2.17. The highest BCUT2D eigenvalue weighted by Gasteiger charge is 2.11. The van der Waals surface area contributed by atoms with E-state index in [4.69, 9.17) is 4.74 Å². The van der Waals surface area contributed by atoms with Crippen LogP contribution in [-0.2, 0) is 0 Å². The van der Waals surface area contributed by atoms with Crippen molar-refractivity contribution in [3.63, 3.8) is 0 Å². The van der Waals surface area contributed by atoms with Gasteiger partial charge in [-0.2, -0.15) is 5.26 Å². The molecule has 0 atom stereocenters. The minimum atomic E-state index is 0.577. The highest BCUT2D eigenvalue weighted by molar-refractivity contribution is 5.95. The van der Waals surface area contributed by atoms with Gasteiger partial charge in [0.1, 0.15) is 11.8 Å². The highest BCUT2D eigenvalue weighted by atomic mass is 16.5. The lowest BCUT2D eigenvalue weighted by atomic mass is 10.1. The Morgan fingerprint density at radius 2 is 2.15 bits per heavy atom. The Balaban J connectivity index is 2.48. The standard InChI is InChI=1S/C16H19N3O/c1-4-5-8-20-13-6-7-15-14(9-13)16(19(2)3)12(10-17)11-18-15/h6-7,9,11H,4-5,8H2,1-3H3. The minimum Gasteiger partial charge on any atom is -0.494 e. The molecule has 2 aromatic rings. The minimum absolute atomic E-state index is 0.577. The van der Waals surface area contributed by atoms with E-state index < -0.39 is 0 Å². The SMILES string of the molecule is CCCCOc1ccc2ncc(C#N)c(N(C)C)c2c1. The van der Waals surface area contributed by atoms with Crippen LogP contribution >= 0.6 is 0 Å². The Hall–Kier alpha value is -2.28. The third-order valence-electron chi connectivity index (χ3n) is 3.15. The molecule has 20 heavy (non-hydrogen) atoms. The normalized spacial score (nSPS) is 10.3. The fourth-order valence-electron chi connectivity index (χ4n) is 2.15. The van der Waals surface area contributed by atoms with Crippen molar-refractivity contribution in [3.8, 4) is 11.8 Å². The van der Waals surface area contributed by atoms with Gasteiger partial charge in [0.15, 0.2) is 0 Å². The van der Waals surface area contributed by atoms with Gasteiger partial charge in [-0.3, -0.25) is 4.98 Å². The largest absolute Gasteiger partial charge is 0.494 e. The van der Waals surface area contributed by atoms with E-state index in [2.05, 4.69) is 18.0 Å². The van der Waals surface area contributed by atoms with Crippen molar-refractivity contribution in [3.05, 3.63) is 30.0 Å². The monoisotopic (exact) mass is 269 g/mol. The molecule has 4 nitrogen and oxygen atoms in total. The van der Waals surface area contributed by atoms with Gasteiger partial charge in [-0.05, 0) is 24.6 Å². The number of unbranched alkanes of at least 4 members (excludes halogenated alkanes) is 1. The van der Waals surface area contributed by atoms with Crippen LogP contribution in [0.15, 0.2) is 24.4 Å². The van der Waals surface area contributed by atoms with Crippen molar-refractivity contribution < 1.29 is 4.74 Å². The van der Waals surface area contributed by atoms with Crippen LogP contribution in [-0.4, -0.2) is 25.7 Å². The van der Waals surface area contributed by atoms with Crippen LogP contribution in [0.1, 0.15) is 25.3 Å². The maximum absolute atomic E-state index is 9.22. The number of nitrogens with zero attached hydrogens (tertiary/aromatic N) is 3.